The van der Waals surface area contributed by atoms with Crippen LogP contribution in [0.5, 0.6) is 0 Å². The smallest absolute Gasteiger partial charge is 0.274 e. The third kappa shape index (κ3) is 3.20. The van der Waals surface area contributed by atoms with Crippen LogP contribution in [0.1, 0.15) is 16.2 Å². The number of carbonyl (C=O) groups excluding carboxylic acids is 1. The van der Waals surface area contributed by atoms with Crippen LogP contribution in [-0.4, -0.2) is 10.9 Å². The van der Waals surface area contributed by atoms with Gasteiger partial charge in [-0.25, -0.2) is 4.98 Å². The number of hydrogen-bond donors (Lipinski definition) is 1. The van der Waals surface area contributed by atoms with E-state index in [4.69, 9.17) is 0 Å². The summed E-state index contributed by atoms with van der Waals surface area (Å²) in [4.78, 5) is 16.4. The van der Waals surface area contributed by atoms with Crippen molar-refractivity contribution in [3.05, 3.63) is 84.2 Å². The zero-order valence-electron chi connectivity index (χ0n) is 12.3. The number of anilines is 1. The number of pyridine rings is 1. The summed E-state index contributed by atoms with van der Waals surface area (Å²) in [5.41, 5.74) is 4.28. The molecule has 2 aromatic carbocycles. The highest BCUT2D eigenvalue weighted by Crippen LogP contribution is 2.21. The Labute approximate surface area is 129 Å². The van der Waals surface area contributed by atoms with Crippen LogP contribution in [0.4, 0.5) is 5.69 Å². The van der Waals surface area contributed by atoms with Gasteiger partial charge in [0.15, 0.2) is 0 Å². The quantitative estimate of drug-likeness (QED) is 0.780. The van der Waals surface area contributed by atoms with E-state index in [0.29, 0.717) is 5.69 Å². The molecule has 0 saturated carbocycles. The second kappa shape index (κ2) is 6.22. The Morgan fingerprint density at radius 1 is 0.818 bits per heavy atom. The number of benzene rings is 2. The first-order valence-corrected chi connectivity index (χ1v) is 7.13. The molecule has 0 saturated heterocycles. The molecule has 3 aromatic rings. The maximum Gasteiger partial charge on any atom is 0.274 e. The van der Waals surface area contributed by atoms with Crippen molar-refractivity contribution < 1.29 is 4.79 Å². The van der Waals surface area contributed by atoms with Crippen LogP contribution in [0.25, 0.3) is 11.1 Å². The van der Waals surface area contributed by atoms with E-state index in [2.05, 4.69) is 22.4 Å². The Bertz CT molecular complexity index is 780. The van der Waals surface area contributed by atoms with Gasteiger partial charge in [-0.15, -0.1) is 0 Å². The van der Waals surface area contributed by atoms with Gasteiger partial charge in [0, 0.05) is 11.4 Å². The first kappa shape index (κ1) is 14.0. The van der Waals surface area contributed by atoms with Crippen molar-refractivity contribution >= 4 is 11.6 Å². The minimum absolute atomic E-state index is 0.198. The van der Waals surface area contributed by atoms with Crippen LogP contribution in [0.15, 0.2) is 72.8 Å². The van der Waals surface area contributed by atoms with Gasteiger partial charge in [-0.05, 0) is 42.3 Å². The molecule has 1 amide bonds. The standard InChI is InChI=1S/C19H16N2O/c1-14-6-5-9-18(20-14)19(22)21-17-12-10-16(11-13-17)15-7-3-2-4-8-15/h2-13H,1H3,(H,21,22). The van der Waals surface area contributed by atoms with E-state index in [1.54, 1.807) is 6.07 Å². The second-order valence-corrected chi connectivity index (χ2v) is 5.06. The van der Waals surface area contributed by atoms with E-state index in [1.807, 2.05) is 61.5 Å². The molecule has 0 bridgehead atoms. The van der Waals surface area contributed by atoms with E-state index in [1.165, 1.54) is 0 Å². The Morgan fingerprint density at radius 2 is 1.50 bits per heavy atom. The molecule has 0 spiro atoms. The van der Waals surface area contributed by atoms with Gasteiger partial charge in [-0.3, -0.25) is 4.79 Å². The van der Waals surface area contributed by atoms with Crippen molar-refractivity contribution in [3.8, 4) is 11.1 Å². The number of hydrogen-bond acceptors (Lipinski definition) is 2. The fourth-order valence-corrected chi connectivity index (χ4v) is 2.24. The van der Waals surface area contributed by atoms with Gasteiger partial charge in [-0.2, -0.15) is 0 Å². The summed E-state index contributed by atoms with van der Waals surface area (Å²) in [6, 6.07) is 23.3. The number of nitrogens with one attached hydrogen (secondary N) is 1. The molecule has 0 aliphatic rings. The highest BCUT2D eigenvalue weighted by atomic mass is 16.1. The minimum atomic E-state index is -0.198. The average Bonchev–Trinajstić information content (AvgIpc) is 2.56. The molecule has 0 aliphatic carbocycles. The predicted octanol–water partition coefficient (Wildman–Crippen LogP) is 4.31. The lowest BCUT2D eigenvalue weighted by Gasteiger charge is -2.07. The Balaban J connectivity index is 1.75. The van der Waals surface area contributed by atoms with Gasteiger partial charge < -0.3 is 5.32 Å². The molecule has 3 rings (SSSR count). The van der Waals surface area contributed by atoms with Gasteiger partial charge >= 0.3 is 0 Å². The molecule has 3 heteroatoms. The molecule has 108 valence electrons. The topological polar surface area (TPSA) is 42.0 Å². The highest BCUT2D eigenvalue weighted by Gasteiger charge is 2.07. The largest absolute Gasteiger partial charge is 0.321 e. The summed E-state index contributed by atoms with van der Waals surface area (Å²) in [6.07, 6.45) is 0. The lowest BCUT2D eigenvalue weighted by molar-refractivity contribution is 0.102. The molecule has 22 heavy (non-hydrogen) atoms. The molecule has 0 radical (unpaired) electrons. The van der Waals surface area contributed by atoms with Crippen LogP contribution < -0.4 is 5.32 Å². The monoisotopic (exact) mass is 288 g/mol. The van der Waals surface area contributed by atoms with Crippen LogP contribution in [0.2, 0.25) is 0 Å². The number of aromatic nitrogens is 1. The molecule has 1 N–H and O–H groups in total. The number of carbonyl (C=O) groups is 1. The third-order valence-corrected chi connectivity index (χ3v) is 3.37. The van der Waals surface area contributed by atoms with E-state index < -0.39 is 0 Å². The van der Waals surface area contributed by atoms with Gasteiger partial charge in [0.25, 0.3) is 5.91 Å². The molecule has 0 aliphatic heterocycles. The summed E-state index contributed by atoms with van der Waals surface area (Å²) in [6.45, 7) is 1.87. The normalized spacial score (nSPS) is 10.2. The van der Waals surface area contributed by atoms with Gasteiger partial charge in [0.05, 0.1) is 0 Å². The Hall–Kier alpha value is -2.94. The Morgan fingerprint density at radius 3 is 2.18 bits per heavy atom. The van der Waals surface area contributed by atoms with Crippen molar-refractivity contribution in [2.75, 3.05) is 5.32 Å². The van der Waals surface area contributed by atoms with Crippen LogP contribution >= 0.6 is 0 Å². The average molecular weight is 288 g/mol. The second-order valence-electron chi connectivity index (χ2n) is 5.06. The van der Waals surface area contributed by atoms with Crippen LogP contribution in [-0.2, 0) is 0 Å². The van der Waals surface area contributed by atoms with E-state index in [9.17, 15) is 4.79 Å². The molecule has 0 atom stereocenters. The summed E-state index contributed by atoms with van der Waals surface area (Å²) in [7, 11) is 0. The van der Waals surface area contributed by atoms with Crippen LogP contribution in [0.3, 0.4) is 0 Å². The van der Waals surface area contributed by atoms with Crippen molar-refractivity contribution in [3.63, 3.8) is 0 Å². The molecule has 1 aromatic heterocycles. The minimum Gasteiger partial charge on any atom is -0.321 e. The predicted molar refractivity (Wildman–Crippen MR) is 88.8 cm³/mol. The lowest BCUT2D eigenvalue weighted by Crippen LogP contribution is -2.13. The van der Waals surface area contributed by atoms with Gasteiger partial charge in [0.2, 0.25) is 0 Å². The van der Waals surface area contributed by atoms with Gasteiger partial charge in [-0.1, -0.05) is 48.5 Å². The van der Waals surface area contributed by atoms with E-state index in [-0.39, 0.29) is 5.91 Å². The molecular formula is C19H16N2O. The number of amides is 1. The fourth-order valence-electron chi connectivity index (χ4n) is 2.24. The number of aryl methyl sites for hydroxylation is 1. The summed E-state index contributed by atoms with van der Waals surface area (Å²) >= 11 is 0. The van der Waals surface area contributed by atoms with E-state index in [0.717, 1.165) is 22.5 Å². The number of rotatable bonds is 3. The summed E-state index contributed by atoms with van der Waals surface area (Å²) < 4.78 is 0. The molecule has 0 fully saturated rings. The van der Waals surface area contributed by atoms with Gasteiger partial charge in [0.1, 0.15) is 5.69 Å². The molecule has 0 unspecified atom stereocenters. The fraction of sp³-hybridized carbons (Fsp3) is 0.0526. The maximum atomic E-state index is 12.1. The summed E-state index contributed by atoms with van der Waals surface area (Å²) in [5.74, 6) is -0.198. The molecular weight excluding hydrogens is 272 g/mol. The zero-order chi connectivity index (χ0) is 15.4. The van der Waals surface area contributed by atoms with Crippen molar-refractivity contribution in [1.29, 1.82) is 0 Å². The summed E-state index contributed by atoms with van der Waals surface area (Å²) in [5, 5.41) is 2.86. The SMILES string of the molecule is Cc1cccc(C(=O)Nc2ccc(-c3ccccc3)cc2)n1. The first-order valence-electron chi connectivity index (χ1n) is 7.13. The Kier molecular flexibility index (Phi) is 3.97. The molecule has 1 heterocycles. The maximum absolute atomic E-state index is 12.1. The van der Waals surface area contributed by atoms with Crippen molar-refractivity contribution in [2.45, 2.75) is 6.92 Å². The third-order valence-electron chi connectivity index (χ3n) is 3.37. The lowest BCUT2D eigenvalue weighted by atomic mass is 10.1. The van der Waals surface area contributed by atoms with E-state index >= 15 is 0 Å². The van der Waals surface area contributed by atoms with Crippen molar-refractivity contribution in [2.24, 2.45) is 0 Å². The van der Waals surface area contributed by atoms with Crippen molar-refractivity contribution in [1.82, 2.24) is 4.98 Å². The molecule has 3 nitrogen and oxygen atoms in total. The zero-order valence-corrected chi connectivity index (χ0v) is 12.3. The number of nitrogens with zero attached hydrogens (tertiary/aromatic N) is 1. The first-order chi connectivity index (χ1) is 10.7. The van der Waals surface area contributed by atoms with Crippen LogP contribution in [0, 0.1) is 6.92 Å². The highest BCUT2D eigenvalue weighted by molar-refractivity contribution is 6.02.